The van der Waals surface area contributed by atoms with E-state index < -0.39 is 5.97 Å². The molecule has 0 fully saturated rings. The Bertz CT molecular complexity index is 472. The predicted molar refractivity (Wildman–Crippen MR) is 75.8 cm³/mol. The van der Waals surface area contributed by atoms with Crippen molar-refractivity contribution in [1.29, 1.82) is 0 Å². The highest BCUT2D eigenvalue weighted by molar-refractivity contribution is 5.88. The van der Waals surface area contributed by atoms with Gasteiger partial charge in [0.25, 0.3) is 0 Å². The molecular weight excluding hydrogens is 274 g/mol. The molecule has 0 aliphatic heterocycles. The van der Waals surface area contributed by atoms with E-state index in [1.807, 2.05) is 18.2 Å². The van der Waals surface area contributed by atoms with Gasteiger partial charge in [-0.3, -0.25) is 14.4 Å². The second kappa shape index (κ2) is 9.52. The van der Waals surface area contributed by atoms with Crippen LogP contribution in [0, 0.1) is 0 Å². The number of carbonyl (C=O) groups is 3. The maximum atomic E-state index is 11.5. The number of hydrogen-bond acceptors (Lipinski definition) is 5. The van der Waals surface area contributed by atoms with Gasteiger partial charge in [0.15, 0.2) is 5.78 Å². The van der Waals surface area contributed by atoms with Crippen LogP contribution in [0.4, 0.5) is 0 Å². The first-order chi connectivity index (χ1) is 10.1. The summed E-state index contributed by atoms with van der Waals surface area (Å²) in [5.74, 6) is -0.222. The lowest BCUT2D eigenvalue weighted by Gasteiger charge is -2.06. The molecule has 0 radical (unpaired) electrons. The Kier molecular flexibility index (Phi) is 7.56. The fourth-order valence-electron chi connectivity index (χ4n) is 1.50. The number of rotatable bonds is 9. The minimum atomic E-state index is -0.439. The SMILES string of the molecule is COC(=O)CCC(=O)CNC(=O)CCOc1ccccc1. The Morgan fingerprint density at radius 3 is 2.43 bits per heavy atom. The van der Waals surface area contributed by atoms with Crippen molar-refractivity contribution in [2.45, 2.75) is 19.3 Å². The highest BCUT2D eigenvalue weighted by atomic mass is 16.5. The van der Waals surface area contributed by atoms with Crippen molar-refractivity contribution in [2.24, 2.45) is 0 Å². The second-order valence-electron chi connectivity index (χ2n) is 4.30. The van der Waals surface area contributed by atoms with E-state index in [4.69, 9.17) is 4.74 Å². The van der Waals surface area contributed by atoms with Crippen molar-refractivity contribution in [3.8, 4) is 5.75 Å². The quantitative estimate of drug-likeness (QED) is 0.689. The Hall–Kier alpha value is -2.37. The van der Waals surface area contributed by atoms with Crippen molar-refractivity contribution < 1.29 is 23.9 Å². The predicted octanol–water partition coefficient (Wildman–Crippen LogP) is 1.09. The van der Waals surface area contributed by atoms with E-state index in [0.29, 0.717) is 5.75 Å². The van der Waals surface area contributed by atoms with Crippen LogP contribution in [-0.2, 0) is 19.1 Å². The van der Waals surface area contributed by atoms with E-state index in [1.54, 1.807) is 12.1 Å². The summed E-state index contributed by atoms with van der Waals surface area (Å²) in [7, 11) is 1.27. The van der Waals surface area contributed by atoms with E-state index in [1.165, 1.54) is 7.11 Å². The third-order valence-corrected chi connectivity index (χ3v) is 2.66. The first-order valence-electron chi connectivity index (χ1n) is 6.65. The molecule has 0 heterocycles. The molecule has 0 unspecified atom stereocenters. The largest absolute Gasteiger partial charge is 0.493 e. The molecule has 0 spiro atoms. The van der Waals surface area contributed by atoms with Crippen LogP contribution < -0.4 is 10.1 Å². The van der Waals surface area contributed by atoms with Gasteiger partial charge in [-0.05, 0) is 12.1 Å². The van der Waals surface area contributed by atoms with Crippen LogP contribution >= 0.6 is 0 Å². The molecule has 6 nitrogen and oxygen atoms in total. The number of esters is 1. The van der Waals surface area contributed by atoms with E-state index in [9.17, 15) is 14.4 Å². The molecule has 0 atom stereocenters. The Morgan fingerprint density at radius 2 is 1.76 bits per heavy atom. The smallest absolute Gasteiger partial charge is 0.305 e. The van der Waals surface area contributed by atoms with E-state index >= 15 is 0 Å². The van der Waals surface area contributed by atoms with Crippen LogP contribution in [0.1, 0.15) is 19.3 Å². The zero-order chi connectivity index (χ0) is 15.5. The molecule has 0 aromatic heterocycles. The minimum Gasteiger partial charge on any atom is -0.493 e. The second-order valence-corrected chi connectivity index (χ2v) is 4.30. The molecule has 21 heavy (non-hydrogen) atoms. The van der Waals surface area contributed by atoms with Crippen LogP contribution in [0.15, 0.2) is 30.3 Å². The topological polar surface area (TPSA) is 81.7 Å². The van der Waals surface area contributed by atoms with Crippen LogP contribution in [0.25, 0.3) is 0 Å². The van der Waals surface area contributed by atoms with Crippen LogP contribution in [-0.4, -0.2) is 37.9 Å². The summed E-state index contributed by atoms with van der Waals surface area (Å²) >= 11 is 0. The summed E-state index contributed by atoms with van der Waals surface area (Å²) in [5.41, 5.74) is 0. The molecule has 0 saturated carbocycles. The monoisotopic (exact) mass is 293 g/mol. The van der Waals surface area contributed by atoms with Gasteiger partial charge in [0.05, 0.1) is 33.1 Å². The van der Waals surface area contributed by atoms with Crippen LogP contribution in [0.5, 0.6) is 5.75 Å². The summed E-state index contributed by atoms with van der Waals surface area (Å²) in [4.78, 5) is 33.8. The fraction of sp³-hybridized carbons (Fsp3) is 0.400. The van der Waals surface area contributed by atoms with Crippen molar-refractivity contribution >= 4 is 17.7 Å². The van der Waals surface area contributed by atoms with E-state index in [2.05, 4.69) is 10.1 Å². The minimum absolute atomic E-state index is 0.0301. The highest BCUT2D eigenvalue weighted by Gasteiger charge is 2.09. The molecule has 114 valence electrons. The zero-order valence-corrected chi connectivity index (χ0v) is 12.0. The third-order valence-electron chi connectivity index (χ3n) is 2.66. The highest BCUT2D eigenvalue weighted by Crippen LogP contribution is 2.08. The maximum absolute atomic E-state index is 11.5. The number of carbonyl (C=O) groups excluding carboxylic acids is 3. The van der Waals surface area contributed by atoms with Gasteiger partial charge < -0.3 is 14.8 Å². The number of benzene rings is 1. The number of ether oxygens (including phenoxy) is 2. The zero-order valence-electron chi connectivity index (χ0n) is 12.0. The van der Waals surface area contributed by atoms with Gasteiger partial charge in [0, 0.05) is 6.42 Å². The van der Waals surface area contributed by atoms with Gasteiger partial charge in [-0.15, -0.1) is 0 Å². The number of para-hydroxylation sites is 1. The van der Waals surface area contributed by atoms with Gasteiger partial charge in [0.1, 0.15) is 5.75 Å². The number of Topliss-reactive ketones (excluding diaryl/α,β-unsaturated/α-hetero) is 1. The number of hydrogen-bond donors (Lipinski definition) is 1. The van der Waals surface area contributed by atoms with Crippen LogP contribution in [0.3, 0.4) is 0 Å². The number of nitrogens with one attached hydrogen (secondary N) is 1. The molecule has 0 bridgehead atoms. The lowest BCUT2D eigenvalue weighted by atomic mass is 10.2. The molecule has 0 saturated heterocycles. The summed E-state index contributed by atoms with van der Waals surface area (Å²) in [6.45, 7) is 0.160. The normalized spacial score (nSPS) is 9.76. The number of methoxy groups -OCH3 is 1. The van der Waals surface area contributed by atoms with Gasteiger partial charge >= 0.3 is 5.97 Å². The van der Waals surface area contributed by atoms with Gasteiger partial charge in [0.2, 0.25) is 5.91 Å². The Morgan fingerprint density at radius 1 is 1.05 bits per heavy atom. The van der Waals surface area contributed by atoms with Crippen molar-refractivity contribution in [1.82, 2.24) is 5.32 Å². The molecule has 1 N–H and O–H groups in total. The van der Waals surface area contributed by atoms with E-state index in [0.717, 1.165) is 0 Å². The maximum Gasteiger partial charge on any atom is 0.305 e. The summed E-state index contributed by atoms with van der Waals surface area (Å²) in [6, 6.07) is 9.16. The molecular formula is C15H19NO5. The summed E-state index contributed by atoms with van der Waals surface area (Å²) < 4.78 is 9.80. The van der Waals surface area contributed by atoms with Crippen molar-refractivity contribution in [3.05, 3.63) is 30.3 Å². The average Bonchev–Trinajstić information content (AvgIpc) is 2.51. The molecule has 1 amide bonds. The van der Waals surface area contributed by atoms with Crippen LogP contribution in [0.2, 0.25) is 0 Å². The number of amides is 1. The third kappa shape index (κ3) is 7.71. The van der Waals surface area contributed by atoms with Gasteiger partial charge in [-0.2, -0.15) is 0 Å². The lowest BCUT2D eigenvalue weighted by molar-refractivity contribution is -0.141. The number of ketones is 1. The van der Waals surface area contributed by atoms with Gasteiger partial charge in [-0.25, -0.2) is 0 Å². The lowest BCUT2D eigenvalue weighted by Crippen LogP contribution is -2.30. The summed E-state index contributed by atoms with van der Waals surface area (Å²) in [6.07, 6.45) is 0.259. The van der Waals surface area contributed by atoms with Crippen molar-refractivity contribution in [2.75, 3.05) is 20.3 Å². The van der Waals surface area contributed by atoms with Gasteiger partial charge in [-0.1, -0.05) is 18.2 Å². The molecule has 1 rings (SSSR count). The first kappa shape index (κ1) is 16.7. The molecule has 0 aliphatic carbocycles. The standard InChI is InChI=1S/C15H19NO5/c1-20-15(19)8-7-12(17)11-16-14(18)9-10-21-13-5-3-2-4-6-13/h2-6H,7-11H2,1H3,(H,16,18). The molecule has 1 aromatic carbocycles. The Balaban J connectivity index is 2.11. The molecule has 6 heteroatoms. The first-order valence-corrected chi connectivity index (χ1v) is 6.65. The fourth-order valence-corrected chi connectivity index (χ4v) is 1.50. The molecule has 1 aromatic rings. The Labute approximate surface area is 123 Å². The molecule has 0 aliphatic rings. The van der Waals surface area contributed by atoms with Crippen molar-refractivity contribution in [3.63, 3.8) is 0 Å². The van der Waals surface area contributed by atoms with E-state index in [-0.39, 0.29) is 44.1 Å². The summed E-state index contributed by atoms with van der Waals surface area (Å²) in [5, 5.41) is 2.49. The average molecular weight is 293 g/mol.